The Hall–Kier alpha value is -2.64. The van der Waals surface area contributed by atoms with Crippen molar-refractivity contribution in [3.8, 4) is 5.75 Å². The third kappa shape index (κ3) is 5.49. The molecule has 1 saturated heterocycles. The first-order valence-electron chi connectivity index (χ1n) is 9.61. The highest BCUT2D eigenvalue weighted by molar-refractivity contribution is 6.31. The number of hydrogen-bond acceptors (Lipinski definition) is 5. The maximum Gasteiger partial charge on any atom is 0.341 e. The number of halogens is 2. The first kappa shape index (κ1) is 22.1. The lowest BCUT2D eigenvalue weighted by Crippen LogP contribution is -2.53. The van der Waals surface area contributed by atoms with E-state index in [1.54, 1.807) is 23.1 Å². The quantitative estimate of drug-likeness (QED) is 0.706. The minimum absolute atomic E-state index is 0.164. The molecule has 1 aliphatic rings. The Kier molecular flexibility index (Phi) is 6.95. The number of benzene rings is 2. The van der Waals surface area contributed by atoms with Crippen molar-refractivity contribution in [1.82, 2.24) is 4.90 Å². The van der Waals surface area contributed by atoms with Gasteiger partial charge in [0.1, 0.15) is 17.1 Å². The minimum Gasteiger partial charge on any atom is -0.483 e. The van der Waals surface area contributed by atoms with Gasteiger partial charge in [0.2, 0.25) is 0 Å². The number of nitrogens with two attached hydrogens (primary N) is 1. The number of likely N-dealkylation sites (tertiary alicyclic amines) is 1. The summed E-state index contributed by atoms with van der Waals surface area (Å²) in [6, 6.07) is 10.9. The second kappa shape index (κ2) is 9.45. The molecule has 1 aliphatic heterocycles. The predicted molar refractivity (Wildman–Crippen MR) is 111 cm³/mol. The third-order valence-corrected chi connectivity index (χ3v) is 5.51. The summed E-state index contributed by atoms with van der Waals surface area (Å²) in [5.41, 5.74) is 7.21. The van der Waals surface area contributed by atoms with Crippen LogP contribution in [0.1, 0.15) is 28.8 Å². The summed E-state index contributed by atoms with van der Waals surface area (Å²) in [7, 11) is 1.26. The van der Waals surface area contributed by atoms with E-state index in [4.69, 9.17) is 26.8 Å². The molecule has 3 rings (SSSR count). The monoisotopic (exact) mass is 434 g/mol. The van der Waals surface area contributed by atoms with Crippen molar-refractivity contribution < 1.29 is 23.5 Å². The Labute approximate surface area is 179 Å². The molecule has 0 aromatic heterocycles. The second-order valence-electron chi connectivity index (χ2n) is 7.47. The van der Waals surface area contributed by atoms with E-state index in [2.05, 4.69) is 0 Å². The van der Waals surface area contributed by atoms with Crippen LogP contribution < -0.4 is 10.5 Å². The molecular formula is C22H24ClFN2O4. The molecule has 30 heavy (non-hydrogen) atoms. The molecule has 2 N–H and O–H groups in total. The number of amides is 1. The van der Waals surface area contributed by atoms with Crippen LogP contribution in [0.15, 0.2) is 42.5 Å². The van der Waals surface area contributed by atoms with Crippen LogP contribution in [-0.4, -0.2) is 49.1 Å². The normalized spacial score (nSPS) is 15.5. The van der Waals surface area contributed by atoms with Crippen LogP contribution in [0.4, 0.5) is 4.39 Å². The zero-order valence-electron chi connectivity index (χ0n) is 16.7. The van der Waals surface area contributed by atoms with Crippen LogP contribution in [0.2, 0.25) is 5.02 Å². The Morgan fingerprint density at radius 3 is 2.47 bits per heavy atom. The van der Waals surface area contributed by atoms with E-state index >= 15 is 0 Å². The van der Waals surface area contributed by atoms with E-state index in [0.717, 1.165) is 5.56 Å². The number of carbonyl (C=O) groups excluding carboxylic acids is 2. The number of nitrogens with zero attached hydrogens (tertiary/aromatic N) is 1. The summed E-state index contributed by atoms with van der Waals surface area (Å²) in [5.74, 6) is -0.821. The lowest BCUT2D eigenvalue weighted by atomic mass is 9.83. The maximum atomic E-state index is 13.1. The van der Waals surface area contributed by atoms with Crippen molar-refractivity contribution in [3.05, 3.63) is 64.4 Å². The first-order valence-corrected chi connectivity index (χ1v) is 9.99. The Morgan fingerprint density at radius 1 is 1.17 bits per heavy atom. The first-order chi connectivity index (χ1) is 14.3. The molecule has 1 heterocycles. The zero-order valence-corrected chi connectivity index (χ0v) is 17.5. The number of methoxy groups -OCH3 is 1. The Balaban J connectivity index is 1.54. The largest absolute Gasteiger partial charge is 0.483 e. The smallest absolute Gasteiger partial charge is 0.341 e. The predicted octanol–water partition coefficient (Wildman–Crippen LogP) is 3.21. The van der Waals surface area contributed by atoms with Crippen molar-refractivity contribution in [2.75, 3.05) is 26.8 Å². The van der Waals surface area contributed by atoms with Crippen molar-refractivity contribution >= 4 is 23.5 Å². The second-order valence-corrected chi connectivity index (χ2v) is 7.90. The van der Waals surface area contributed by atoms with E-state index in [9.17, 15) is 14.0 Å². The Bertz CT molecular complexity index is 912. The highest BCUT2D eigenvalue weighted by Crippen LogP contribution is 2.26. The summed E-state index contributed by atoms with van der Waals surface area (Å²) < 4.78 is 23.4. The lowest BCUT2D eigenvalue weighted by molar-refractivity contribution is -0.134. The van der Waals surface area contributed by atoms with E-state index in [0.29, 0.717) is 37.4 Å². The van der Waals surface area contributed by atoms with Gasteiger partial charge in [0, 0.05) is 23.7 Å². The highest BCUT2D eigenvalue weighted by Gasteiger charge is 2.32. The van der Waals surface area contributed by atoms with Crippen LogP contribution in [0, 0.1) is 5.82 Å². The molecule has 2 aromatic rings. The molecule has 6 nitrogen and oxygen atoms in total. The summed E-state index contributed by atoms with van der Waals surface area (Å²) in [6.07, 6.45) is 1.88. The third-order valence-electron chi connectivity index (χ3n) is 5.28. The molecule has 160 valence electrons. The fourth-order valence-corrected chi connectivity index (χ4v) is 3.69. The van der Waals surface area contributed by atoms with Crippen molar-refractivity contribution in [2.45, 2.75) is 24.8 Å². The van der Waals surface area contributed by atoms with Gasteiger partial charge in [0.05, 0.1) is 7.11 Å². The van der Waals surface area contributed by atoms with Crippen LogP contribution in [0.5, 0.6) is 5.75 Å². The molecule has 0 saturated carbocycles. The molecule has 0 radical (unpaired) electrons. The van der Waals surface area contributed by atoms with Crippen LogP contribution in [-0.2, 0) is 16.0 Å². The molecule has 0 aliphatic carbocycles. The van der Waals surface area contributed by atoms with E-state index in [-0.39, 0.29) is 29.6 Å². The molecule has 0 atom stereocenters. The highest BCUT2D eigenvalue weighted by atomic mass is 35.5. The van der Waals surface area contributed by atoms with Gasteiger partial charge in [-0.05, 0) is 55.2 Å². The molecule has 0 bridgehead atoms. The zero-order chi connectivity index (χ0) is 21.7. The van der Waals surface area contributed by atoms with Gasteiger partial charge in [-0.2, -0.15) is 0 Å². The molecule has 1 fully saturated rings. The number of hydrogen-bond donors (Lipinski definition) is 1. The topological polar surface area (TPSA) is 81.9 Å². The van der Waals surface area contributed by atoms with Crippen molar-refractivity contribution in [2.24, 2.45) is 5.73 Å². The molecule has 8 heteroatoms. The summed E-state index contributed by atoms with van der Waals surface area (Å²) in [5, 5.41) is 0.366. The van der Waals surface area contributed by atoms with Gasteiger partial charge in [-0.25, -0.2) is 9.18 Å². The van der Waals surface area contributed by atoms with Gasteiger partial charge in [-0.1, -0.05) is 23.7 Å². The van der Waals surface area contributed by atoms with E-state index in [1.807, 2.05) is 0 Å². The molecule has 2 aromatic carbocycles. The average Bonchev–Trinajstić information content (AvgIpc) is 2.74. The van der Waals surface area contributed by atoms with Gasteiger partial charge in [-0.15, -0.1) is 0 Å². The van der Waals surface area contributed by atoms with Gasteiger partial charge in [0.25, 0.3) is 5.91 Å². The average molecular weight is 435 g/mol. The Morgan fingerprint density at radius 2 is 1.83 bits per heavy atom. The standard InChI is InChI=1S/C22H24ClFN2O4/c1-29-21(28)18-12-16(23)4-7-19(18)30-14-20(27)26-10-8-22(25,9-11-26)13-15-2-5-17(24)6-3-15/h2-7,12H,8-11,13-14,25H2,1H3. The lowest BCUT2D eigenvalue weighted by Gasteiger charge is -2.39. The van der Waals surface area contributed by atoms with Gasteiger partial charge in [-0.3, -0.25) is 4.79 Å². The van der Waals surface area contributed by atoms with Gasteiger partial charge >= 0.3 is 5.97 Å². The van der Waals surface area contributed by atoms with E-state index in [1.165, 1.54) is 31.4 Å². The molecule has 0 spiro atoms. The number of ether oxygens (including phenoxy) is 2. The van der Waals surface area contributed by atoms with Gasteiger partial charge < -0.3 is 20.1 Å². The van der Waals surface area contributed by atoms with Crippen LogP contribution >= 0.6 is 11.6 Å². The summed E-state index contributed by atoms with van der Waals surface area (Å²) >= 11 is 5.93. The summed E-state index contributed by atoms with van der Waals surface area (Å²) in [4.78, 5) is 26.2. The number of carbonyl (C=O) groups is 2. The molecular weight excluding hydrogens is 411 g/mol. The van der Waals surface area contributed by atoms with Crippen molar-refractivity contribution in [3.63, 3.8) is 0 Å². The SMILES string of the molecule is COC(=O)c1cc(Cl)ccc1OCC(=O)N1CCC(N)(Cc2ccc(F)cc2)CC1. The number of esters is 1. The van der Waals surface area contributed by atoms with Crippen LogP contribution in [0.25, 0.3) is 0 Å². The van der Waals surface area contributed by atoms with E-state index < -0.39 is 11.5 Å². The fraction of sp³-hybridized carbons (Fsp3) is 0.364. The molecule has 0 unspecified atom stereocenters. The minimum atomic E-state index is -0.591. The fourth-order valence-electron chi connectivity index (χ4n) is 3.52. The number of piperidine rings is 1. The van der Waals surface area contributed by atoms with Crippen molar-refractivity contribution in [1.29, 1.82) is 0 Å². The maximum absolute atomic E-state index is 13.1. The summed E-state index contributed by atoms with van der Waals surface area (Å²) in [6.45, 7) is 0.801. The molecule has 1 amide bonds. The van der Waals surface area contributed by atoms with Crippen LogP contribution in [0.3, 0.4) is 0 Å². The van der Waals surface area contributed by atoms with Gasteiger partial charge in [0.15, 0.2) is 6.61 Å². The number of rotatable bonds is 6.